The molecule has 0 heterocycles. The molecule has 2 N–H and O–H groups in total. The Morgan fingerprint density at radius 2 is 1.84 bits per heavy atom. The lowest BCUT2D eigenvalue weighted by molar-refractivity contribution is 0.140. The van der Waals surface area contributed by atoms with Crippen LogP contribution in [0.5, 0.6) is 0 Å². The lowest BCUT2D eigenvalue weighted by Crippen LogP contribution is -2.33. The molecular formula is C17H27NO. The predicted molar refractivity (Wildman–Crippen MR) is 80.0 cm³/mol. The molecule has 1 saturated carbocycles. The minimum Gasteiger partial charge on any atom is -0.392 e. The van der Waals surface area contributed by atoms with E-state index in [1.54, 1.807) is 0 Å². The van der Waals surface area contributed by atoms with Crippen LogP contribution in [0.3, 0.4) is 0 Å². The number of aliphatic hydroxyl groups excluding tert-OH is 1. The van der Waals surface area contributed by atoms with Gasteiger partial charge in [0.05, 0.1) is 6.10 Å². The molecule has 1 aromatic carbocycles. The third-order valence-corrected chi connectivity index (χ3v) is 3.76. The van der Waals surface area contributed by atoms with Crippen molar-refractivity contribution < 1.29 is 5.11 Å². The summed E-state index contributed by atoms with van der Waals surface area (Å²) in [5.74, 6) is 0.540. The summed E-state index contributed by atoms with van der Waals surface area (Å²) in [5.41, 5.74) is 1.60. The van der Waals surface area contributed by atoms with Crippen molar-refractivity contribution in [2.45, 2.75) is 52.2 Å². The van der Waals surface area contributed by atoms with E-state index in [1.807, 2.05) is 0 Å². The molecule has 1 aromatic rings. The van der Waals surface area contributed by atoms with E-state index in [1.165, 1.54) is 18.4 Å². The first-order valence-electron chi connectivity index (χ1n) is 7.42. The van der Waals surface area contributed by atoms with Crippen LogP contribution >= 0.6 is 0 Å². The Morgan fingerprint density at radius 1 is 1.21 bits per heavy atom. The zero-order valence-corrected chi connectivity index (χ0v) is 12.4. The molecule has 0 bridgehead atoms. The molecule has 2 atom stereocenters. The number of benzene rings is 1. The molecule has 106 valence electrons. The van der Waals surface area contributed by atoms with Gasteiger partial charge in [-0.15, -0.1) is 0 Å². The Hall–Kier alpha value is -0.860. The van der Waals surface area contributed by atoms with Gasteiger partial charge in [0.1, 0.15) is 0 Å². The maximum Gasteiger partial charge on any atom is 0.0692 e. The van der Waals surface area contributed by atoms with E-state index >= 15 is 0 Å². The Kier molecular flexibility index (Phi) is 4.64. The van der Waals surface area contributed by atoms with Crippen LogP contribution in [0.2, 0.25) is 0 Å². The molecule has 0 amide bonds. The number of hydrogen-bond acceptors (Lipinski definition) is 2. The number of hydrogen-bond donors (Lipinski definition) is 2. The zero-order valence-electron chi connectivity index (χ0n) is 12.4. The molecule has 19 heavy (non-hydrogen) atoms. The second-order valence-corrected chi connectivity index (χ2v) is 7.04. The Bertz CT molecular complexity index is 378. The van der Waals surface area contributed by atoms with Crippen LogP contribution in [0.25, 0.3) is 0 Å². The summed E-state index contributed by atoms with van der Waals surface area (Å²) in [6, 6.07) is 10.9. The highest BCUT2D eigenvalue weighted by Crippen LogP contribution is 2.33. The standard InChI is InChI=1S/C17H27NO/c1-17(2,3)11-15(13-7-5-4-6-8-13)18-12-16(19)14-9-10-14/h4-8,14-16,18-19H,9-12H2,1-3H3. The molecule has 2 rings (SSSR count). The Morgan fingerprint density at radius 3 is 2.37 bits per heavy atom. The van der Waals surface area contributed by atoms with Crippen LogP contribution in [0, 0.1) is 11.3 Å². The predicted octanol–water partition coefficient (Wildman–Crippen LogP) is 3.52. The molecule has 2 heteroatoms. The van der Waals surface area contributed by atoms with E-state index in [0.29, 0.717) is 18.5 Å². The van der Waals surface area contributed by atoms with E-state index in [-0.39, 0.29) is 11.5 Å². The summed E-state index contributed by atoms with van der Waals surface area (Å²) in [4.78, 5) is 0. The molecule has 0 aliphatic heterocycles. The first-order valence-corrected chi connectivity index (χ1v) is 7.42. The van der Waals surface area contributed by atoms with Crippen LogP contribution in [0.1, 0.15) is 51.6 Å². The topological polar surface area (TPSA) is 32.3 Å². The molecule has 2 unspecified atom stereocenters. The summed E-state index contributed by atoms with van der Waals surface area (Å²) >= 11 is 0. The van der Waals surface area contributed by atoms with Crippen molar-refractivity contribution in [2.75, 3.05) is 6.54 Å². The van der Waals surface area contributed by atoms with Crippen molar-refractivity contribution in [2.24, 2.45) is 11.3 Å². The molecule has 1 aliphatic rings. The SMILES string of the molecule is CC(C)(C)CC(NCC(O)C1CC1)c1ccccc1. The maximum absolute atomic E-state index is 10.0. The van der Waals surface area contributed by atoms with Crippen LogP contribution in [0.4, 0.5) is 0 Å². The summed E-state index contributed by atoms with van der Waals surface area (Å²) in [7, 11) is 0. The molecule has 0 spiro atoms. The van der Waals surface area contributed by atoms with Crippen molar-refractivity contribution in [1.29, 1.82) is 0 Å². The fourth-order valence-corrected chi connectivity index (χ4v) is 2.52. The van der Waals surface area contributed by atoms with Gasteiger partial charge in [-0.25, -0.2) is 0 Å². The molecule has 1 fully saturated rings. The summed E-state index contributed by atoms with van der Waals surface area (Å²) < 4.78 is 0. The van der Waals surface area contributed by atoms with Gasteiger partial charge in [0, 0.05) is 12.6 Å². The third kappa shape index (κ3) is 4.96. The van der Waals surface area contributed by atoms with Gasteiger partial charge in [-0.2, -0.15) is 0 Å². The van der Waals surface area contributed by atoms with Crippen LogP contribution in [-0.2, 0) is 0 Å². The van der Waals surface area contributed by atoms with Gasteiger partial charge in [0.25, 0.3) is 0 Å². The molecular weight excluding hydrogens is 234 g/mol. The molecule has 0 radical (unpaired) electrons. The van der Waals surface area contributed by atoms with Crippen molar-refractivity contribution in [3.63, 3.8) is 0 Å². The van der Waals surface area contributed by atoms with E-state index in [4.69, 9.17) is 0 Å². The molecule has 2 nitrogen and oxygen atoms in total. The van der Waals surface area contributed by atoms with E-state index in [0.717, 1.165) is 6.42 Å². The van der Waals surface area contributed by atoms with Crippen molar-refractivity contribution in [3.05, 3.63) is 35.9 Å². The van der Waals surface area contributed by atoms with Crippen molar-refractivity contribution in [1.82, 2.24) is 5.32 Å². The van der Waals surface area contributed by atoms with Gasteiger partial charge in [-0.05, 0) is 36.2 Å². The average molecular weight is 261 g/mol. The maximum atomic E-state index is 10.0. The number of aliphatic hydroxyl groups is 1. The van der Waals surface area contributed by atoms with Gasteiger partial charge in [0.2, 0.25) is 0 Å². The quantitative estimate of drug-likeness (QED) is 0.821. The van der Waals surface area contributed by atoms with Crippen LogP contribution < -0.4 is 5.32 Å². The van der Waals surface area contributed by atoms with Gasteiger partial charge in [0.15, 0.2) is 0 Å². The molecule has 1 aliphatic carbocycles. The highest BCUT2D eigenvalue weighted by Gasteiger charge is 2.30. The van der Waals surface area contributed by atoms with Gasteiger partial charge < -0.3 is 10.4 Å². The van der Waals surface area contributed by atoms with Crippen LogP contribution in [-0.4, -0.2) is 17.8 Å². The van der Waals surface area contributed by atoms with Gasteiger partial charge >= 0.3 is 0 Å². The zero-order chi connectivity index (χ0) is 13.9. The van der Waals surface area contributed by atoms with Crippen LogP contribution in [0.15, 0.2) is 30.3 Å². The molecule has 0 aromatic heterocycles. The summed E-state index contributed by atoms with van der Waals surface area (Å²) in [6.45, 7) is 7.51. The number of nitrogens with one attached hydrogen (secondary N) is 1. The highest BCUT2D eigenvalue weighted by molar-refractivity contribution is 5.19. The summed E-state index contributed by atoms with van der Waals surface area (Å²) in [6.07, 6.45) is 3.29. The monoisotopic (exact) mass is 261 g/mol. The van der Waals surface area contributed by atoms with Crippen molar-refractivity contribution in [3.8, 4) is 0 Å². The number of rotatable bonds is 6. The Labute approximate surface area is 117 Å². The normalized spacial score (nSPS) is 19.2. The second kappa shape index (κ2) is 6.06. The largest absolute Gasteiger partial charge is 0.392 e. The van der Waals surface area contributed by atoms with E-state index in [9.17, 15) is 5.11 Å². The second-order valence-electron chi connectivity index (χ2n) is 7.04. The van der Waals surface area contributed by atoms with Gasteiger partial charge in [-0.1, -0.05) is 51.1 Å². The van der Waals surface area contributed by atoms with Crippen molar-refractivity contribution >= 4 is 0 Å². The smallest absolute Gasteiger partial charge is 0.0692 e. The fraction of sp³-hybridized carbons (Fsp3) is 0.647. The highest BCUT2D eigenvalue weighted by atomic mass is 16.3. The fourth-order valence-electron chi connectivity index (χ4n) is 2.52. The first kappa shape index (κ1) is 14.5. The van der Waals surface area contributed by atoms with E-state index < -0.39 is 0 Å². The summed E-state index contributed by atoms with van der Waals surface area (Å²) in [5, 5.41) is 13.6. The van der Waals surface area contributed by atoms with E-state index in [2.05, 4.69) is 56.4 Å². The lowest BCUT2D eigenvalue weighted by atomic mass is 9.85. The lowest BCUT2D eigenvalue weighted by Gasteiger charge is -2.28. The minimum absolute atomic E-state index is 0.175. The molecule has 0 saturated heterocycles. The third-order valence-electron chi connectivity index (χ3n) is 3.76. The Balaban J connectivity index is 1.97. The van der Waals surface area contributed by atoms with Gasteiger partial charge in [-0.3, -0.25) is 0 Å². The first-order chi connectivity index (χ1) is 8.96. The minimum atomic E-state index is -0.175. The average Bonchev–Trinajstić information content (AvgIpc) is 3.18.